The molecule has 3 atom stereocenters. The van der Waals surface area contributed by atoms with Crippen LogP contribution in [0.3, 0.4) is 0 Å². The predicted molar refractivity (Wildman–Crippen MR) is 66.0 cm³/mol. The van der Waals surface area contributed by atoms with Crippen molar-refractivity contribution >= 4 is 0 Å². The fraction of sp³-hybridized carbons (Fsp3) is 1.00. The highest BCUT2D eigenvalue weighted by atomic mass is 15.3. The molecule has 1 aliphatic heterocycles. The van der Waals surface area contributed by atoms with E-state index in [1.165, 1.54) is 19.5 Å². The van der Waals surface area contributed by atoms with Gasteiger partial charge >= 0.3 is 0 Å². The molecule has 0 bridgehead atoms. The minimum Gasteiger partial charge on any atom is -0.330 e. The minimum atomic E-state index is 0.667. The van der Waals surface area contributed by atoms with E-state index >= 15 is 0 Å². The van der Waals surface area contributed by atoms with Crippen LogP contribution < -0.4 is 5.73 Å². The highest BCUT2D eigenvalue weighted by Crippen LogP contribution is 2.18. The maximum atomic E-state index is 5.67. The van der Waals surface area contributed by atoms with E-state index in [4.69, 9.17) is 5.73 Å². The maximum absolute atomic E-state index is 5.67. The van der Waals surface area contributed by atoms with Gasteiger partial charge < -0.3 is 5.73 Å². The van der Waals surface area contributed by atoms with E-state index in [1.807, 2.05) is 0 Å². The number of hydrogen-bond donors (Lipinski definition) is 1. The standard InChI is InChI=1S/C12H27N3/c1-5-12(6-7-13)15-8-10(2)14(4)11(3)9-15/h10-12H,5-9,13H2,1-4H3. The Hall–Kier alpha value is -0.120. The Labute approximate surface area is 94.6 Å². The van der Waals surface area contributed by atoms with Crippen LogP contribution in [-0.4, -0.2) is 54.6 Å². The summed E-state index contributed by atoms with van der Waals surface area (Å²) in [5.41, 5.74) is 5.67. The molecule has 1 rings (SSSR count). The first-order chi connectivity index (χ1) is 7.10. The van der Waals surface area contributed by atoms with Gasteiger partial charge in [-0.1, -0.05) is 6.92 Å². The molecule has 0 aromatic heterocycles. The molecule has 1 saturated heterocycles. The van der Waals surface area contributed by atoms with Gasteiger partial charge in [-0.25, -0.2) is 0 Å². The van der Waals surface area contributed by atoms with Gasteiger partial charge in [0, 0.05) is 31.2 Å². The summed E-state index contributed by atoms with van der Waals surface area (Å²) in [5.74, 6) is 0. The summed E-state index contributed by atoms with van der Waals surface area (Å²) in [5, 5.41) is 0. The van der Waals surface area contributed by atoms with Crippen LogP contribution in [-0.2, 0) is 0 Å². The topological polar surface area (TPSA) is 32.5 Å². The maximum Gasteiger partial charge on any atom is 0.0195 e. The van der Waals surface area contributed by atoms with Gasteiger partial charge in [0.25, 0.3) is 0 Å². The van der Waals surface area contributed by atoms with E-state index in [9.17, 15) is 0 Å². The quantitative estimate of drug-likeness (QED) is 0.760. The number of nitrogens with zero attached hydrogens (tertiary/aromatic N) is 2. The van der Waals surface area contributed by atoms with Crippen LogP contribution >= 0.6 is 0 Å². The minimum absolute atomic E-state index is 0.667. The van der Waals surface area contributed by atoms with Crippen LogP contribution in [0, 0.1) is 0 Å². The zero-order chi connectivity index (χ0) is 11.4. The van der Waals surface area contributed by atoms with Crippen LogP contribution in [0.2, 0.25) is 0 Å². The Morgan fingerprint density at radius 1 is 1.27 bits per heavy atom. The molecule has 0 aromatic rings. The molecule has 90 valence electrons. The zero-order valence-electron chi connectivity index (χ0n) is 10.7. The number of hydrogen-bond acceptors (Lipinski definition) is 3. The Balaban J connectivity index is 2.55. The summed E-state index contributed by atoms with van der Waals surface area (Å²) in [6, 6.07) is 2.02. The first-order valence-electron chi connectivity index (χ1n) is 6.26. The molecule has 1 aliphatic rings. The second kappa shape index (κ2) is 5.83. The molecule has 0 spiro atoms. The summed E-state index contributed by atoms with van der Waals surface area (Å²) >= 11 is 0. The molecule has 2 N–H and O–H groups in total. The lowest BCUT2D eigenvalue weighted by molar-refractivity contribution is 0.0308. The summed E-state index contributed by atoms with van der Waals surface area (Å²) < 4.78 is 0. The fourth-order valence-corrected chi connectivity index (χ4v) is 2.58. The molecule has 1 fully saturated rings. The van der Waals surface area contributed by atoms with Crippen molar-refractivity contribution in [3.8, 4) is 0 Å². The summed E-state index contributed by atoms with van der Waals surface area (Å²) in [7, 11) is 2.23. The highest BCUT2D eigenvalue weighted by molar-refractivity contribution is 4.86. The molecule has 0 aliphatic carbocycles. The molecule has 3 unspecified atom stereocenters. The summed E-state index contributed by atoms with van der Waals surface area (Å²) in [6.07, 6.45) is 2.36. The van der Waals surface area contributed by atoms with Crippen molar-refractivity contribution in [1.82, 2.24) is 9.80 Å². The second-order valence-corrected chi connectivity index (χ2v) is 4.96. The first-order valence-corrected chi connectivity index (χ1v) is 6.26. The van der Waals surface area contributed by atoms with Crippen LogP contribution in [0.1, 0.15) is 33.6 Å². The van der Waals surface area contributed by atoms with Gasteiger partial charge in [0.05, 0.1) is 0 Å². The molecule has 0 amide bonds. The lowest BCUT2D eigenvalue weighted by Crippen LogP contribution is -2.57. The second-order valence-electron chi connectivity index (χ2n) is 4.96. The van der Waals surface area contributed by atoms with Crippen LogP contribution in [0.15, 0.2) is 0 Å². The van der Waals surface area contributed by atoms with Crippen molar-refractivity contribution in [2.45, 2.75) is 51.7 Å². The van der Waals surface area contributed by atoms with Crippen molar-refractivity contribution in [2.75, 3.05) is 26.7 Å². The number of piperazine rings is 1. The average molecular weight is 213 g/mol. The van der Waals surface area contributed by atoms with E-state index in [0.717, 1.165) is 13.0 Å². The fourth-order valence-electron chi connectivity index (χ4n) is 2.58. The first kappa shape index (κ1) is 12.9. The Morgan fingerprint density at radius 3 is 2.20 bits per heavy atom. The number of nitrogens with two attached hydrogens (primary N) is 1. The van der Waals surface area contributed by atoms with Crippen LogP contribution in [0.4, 0.5) is 0 Å². The van der Waals surface area contributed by atoms with E-state index in [-0.39, 0.29) is 0 Å². The molecule has 0 saturated carbocycles. The molecular formula is C12H27N3. The van der Waals surface area contributed by atoms with Crippen LogP contribution in [0.25, 0.3) is 0 Å². The SMILES string of the molecule is CCC(CCN)N1CC(C)N(C)C(C)C1. The third-order valence-corrected chi connectivity index (χ3v) is 3.88. The highest BCUT2D eigenvalue weighted by Gasteiger charge is 2.29. The Bertz CT molecular complexity index is 172. The van der Waals surface area contributed by atoms with Gasteiger partial charge in [-0.15, -0.1) is 0 Å². The van der Waals surface area contributed by atoms with Crippen molar-refractivity contribution in [2.24, 2.45) is 5.73 Å². The number of rotatable bonds is 4. The molecule has 0 aromatic carbocycles. The van der Waals surface area contributed by atoms with Crippen molar-refractivity contribution < 1.29 is 0 Å². The normalized spacial score (nSPS) is 31.8. The Kier molecular flexibility index (Phi) is 5.03. The summed E-state index contributed by atoms with van der Waals surface area (Å²) in [6.45, 7) is 10.1. The monoisotopic (exact) mass is 213 g/mol. The van der Waals surface area contributed by atoms with Gasteiger partial charge in [-0.2, -0.15) is 0 Å². The number of likely N-dealkylation sites (N-methyl/N-ethyl adjacent to an activating group) is 1. The van der Waals surface area contributed by atoms with E-state index < -0.39 is 0 Å². The van der Waals surface area contributed by atoms with E-state index in [0.29, 0.717) is 18.1 Å². The van der Waals surface area contributed by atoms with Crippen molar-refractivity contribution in [3.05, 3.63) is 0 Å². The molecule has 1 heterocycles. The van der Waals surface area contributed by atoms with E-state index in [1.54, 1.807) is 0 Å². The van der Waals surface area contributed by atoms with Gasteiger partial charge in [0.1, 0.15) is 0 Å². The van der Waals surface area contributed by atoms with E-state index in [2.05, 4.69) is 37.6 Å². The smallest absolute Gasteiger partial charge is 0.0195 e. The molecule has 0 radical (unpaired) electrons. The lowest BCUT2D eigenvalue weighted by atomic mass is 10.0. The molecule has 3 heteroatoms. The van der Waals surface area contributed by atoms with Crippen molar-refractivity contribution in [1.29, 1.82) is 0 Å². The van der Waals surface area contributed by atoms with Crippen LogP contribution in [0.5, 0.6) is 0 Å². The van der Waals surface area contributed by atoms with Gasteiger partial charge in [-0.05, 0) is 40.3 Å². The van der Waals surface area contributed by atoms with Crippen molar-refractivity contribution in [3.63, 3.8) is 0 Å². The third-order valence-electron chi connectivity index (χ3n) is 3.88. The Morgan fingerprint density at radius 2 is 1.80 bits per heavy atom. The zero-order valence-corrected chi connectivity index (χ0v) is 10.7. The van der Waals surface area contributed by atoms with Gasteiger partial charge in [0.15, 0.2) is 0 Å². The third kappa shape index (κ3) is 3.16. The predicted octanol–water partition coefficient (Wildman–Crippen LogP) is 1.14. The summed E-state index contributed by atoms with van der Waals surface area (Å²) in [4.78, 5) is 5.11. The lowest BCUT2D eigenvalue weighted by Gasteiger charge is -2.45. The van der Waals surface area contributed by atoms with Gasteiger partial charge in [0.2, 0.25) is 0 Å². The average Bonchev–Trinajstić information content (AvgIpc) is 2.22. The largest absolute Gasteiger partial charge is 0.330 e. The molecule has 15 heavy (non-hydrogen) atoms. The van der Waals surface area contributed by atoms with Gasteiger partial charge in [-0.3, -0.25) is 9.80 Å². The molecular weight excluding hydrogens is 186 g/mol. The molecule has 3 nitrogen and oxygen atoms in total.